The van der Waals surface area contributed by atoms with E-state index in [9.17, 15) is 27.6 Å². The molecule has 0 aromatic rings. The standard InChI is InChI=1S/C17H24N2O7S/c20-14(18-11-6-8-27(24,25)10-11)9-26-15(21)5-7-19-16(22)12-3-1-2-4-13(12)17(19)23/h11-13H,1-10H2,(H,18,20). The van der Waals surface area contributed by atoms with Crippen LogP contribution < -0.4 is 5.32 Å². The van der Waals surface area contributed by atoms with Crippen molar-refractivity contribution in [3.63, 3.8) is 0 Å². The highest BCUT2D eigenvalue weighted by atomic mass is 32.2. The molecule has 0 spiro atoms. The van der Waals surface area contributed by atoms with Gasteiger partial charge < -0.3 is 10.1 Å². The van der Waals surface area contributed by atoms with Gasteiger partial charge in [-0.15, -0.1) is 0 Å². The normalized spacial score (nSPS) is 29.5. The number of fused-ring (bicyclic) bond motifs is 1. The topological polar surface area (TPSA) is 127 Å². The van der Waals surface area contributed by atoms with Crippen molar-refractivity contribution in [1.29, 1.82) is 0 Å². The van der Waals surface area contributed by atoms with Crippen LogP contribution in [0, 0.1) is 11.8 Å². The summed E-state index contributed by atoms with van der Waals surface area (Å²) >= 11 is 0. The molecule has 3 fully saturated rings. The highest BCUT2D eigenvalue weighted by molar-refractivity contribution is 7.91. The van der Waals surface area contributed by atoms with Gasteiger partial charge >= 0.3 is 5.97 Å². The predicted molar refractivity (Wildman–Crippen MR) is 92.9 cm³/mol. The lowest BCUT2D eigenvalue weighted by atomic mass is 9.81. The van der Waals surface area contributed by atoms with Crippen LogP contribution in [0.4, 0.5) is 0 Å². The first-order valence-corrected chi connectivity index (χ1v) is 11.1. The zero-order valence-electron chi connectivity index (χ0n) is 15.0. The van der Waals surface area contributed by atoms with Gasteiger partial charge in [-0.1, -0.05) is 12.8 Å². The van der Waals surface area contributed by atoms with Crippen LogP contribution in [0.15, 0.2) is 0 Å². The largest absolute Gasteiger partial charge is 0.456 e. The Morgan fingerprint density at radius 2 is 1.70 bits per heavy atom. The molecule has 3 rings (SSSR count). The van der Waals surface area contributed by atoms with Crippen molar-refractivity contribution in [2.24, 2.45) is 11.8 Å². The van der Waals surface area contributed by atoms with E-state index in [-0.39, 0.29) is 48.1 Å². The number of rotatable bonds is 6. The van der Waals surface area contributed by atoms with Crippen molar-refractivity contribution in [1.82, 2.24) is 10.2 Å². The summed E-state index contributed by atoms with van der Waals surface area (Å²) < 4.78 is 27.6. The molecular weight excluding hydrogens is 376 g/mol. The first kappa shape index (κ1) is 19.8. The molecule has 3 aliphatic rings. The van der Waals surface area contributed by atoms with E-state index < -0.39 is 34.4 Å². The average molecular weight is 400 g/mol. The van der Waals surface area contributed by atoms with Crippen LogP contribution in [0.3, 0.4) is 0 Å². The Bertz CT molecular complexity index is 724. The molecule has 9 nitrogen and oxygen atoms in total. The smallest absolute Gasteiger partial charge is 0.308 e. The summed E-state index contributed by atoms with van der Waals surface area (Å²) in [5.74, 6) is -2.24. The second kappa shape index (κ2) is 7.95. The molecule has 3 atom stereocenters. The van der Waals surface area contributed by atoms with E-state index in [4.69, 9.17) is 4.74 Å². The molecule has 2 aliphatic heterocycles. The third-order valence-electron chi connectivity index (χ3n) is 5.43. The Kier molecular flexibility index (Phi) is 5.83. The molecule has 2 saturated heterocycles. The summed E-state index contributed by atoms with van der Waals surface area (Å²) in [5.41, 5.74) is 0. The number of hydrogen-bond donors (Lipinski definition) is 1. The Morgan fingerprint density at radius 3 is 2.26 bits per heavy atom. The summed E-state index contributed by atoms with van der Waals surface area (Å²) in [5, 5.41) is 2.52. The number of carbonyl (C=O) groups is 4. The lowest BCUT2D eigenvalue weighted by Gasteiger charge is -2.19. The Balaban J connectivity index is 1.39. The zero-order chi connectivity index (χ0) is 19.6. The minimum atomic E-state index is -3.10. The molecule has 2 heterocycles. The lowest BCUT2D eigenvalue weighted by molar-refractivity contribution is -0.150. The Hall–Kier alpha value is -1.97. The maximum atomic E-state index is 12.3. The average Bonchev–Trinajstić information content (AvgIpc) is 3.09. The van der Waals surface area contributed by atoms with E-state index in [1.165, 1.54) is 0 Å². The zero-order valence-corrected chi connectivity index (χ0v) is 15.8. The fraction of sp³-hybridized carbons (Fsp3) is 0.765. The van der Waals surface area contributed by atoms with Crippen molar-refractivity contribution in [3.05, 3.63) is 0 Å². The second-order valence-electron chi connectivity index (χ2n) is 7.40. The summed E-state index contributed by atoms with van der Waals surface area (Å²) in [6.07, 6.45) is 3.49. The van der Waals surface area contributed by atoms with Crippen molar-refractivity contribution in [2.45, 2.75) is 44.6 Å². The number of nitrogens with one attached hydrogen (secondary N) is 1. The molecule has 3 unspecified atom stereocenters. The molecule has 27 heavy (non-hydrogen) atoms. The summed E-state index contributed by atoms with van der Waals surface area (Å²) in [6, 6.07) is -0.454. The first-order valence-electron chi connectivity index (χ1n) is 9.27. The molecule has 10 heteroatoms. The van der Waals surface area contributed by atoms with Gasteiger partial charge in [0.1, 0.15) is 0 Å². The molecule has 0 bridgehead atoms. The molecule has 3 amide bonds. The van der Waals surface area contributed by atoms with Crippen LogP contribution in [0.2, 0.25) is 0 Å². The maximum absolute atomic E-state index is 12.3. The number of likely N-dealkylation sites (tertiary alicyclic amines) is 1. The number of carbonyl (C=O) groups excluding carboxylic acids is 4. The van der Waals surface area contributed by atoms with Gasteiger partial charge in [0.15, 0.2) is 16.4 Å². The fourth-order valence-electron chi connectivity index (χ4n) is 4.05. The van der Waals surface area contributed by atoms with Crippen LogP contribution >= 0.6 is 0 Å². The van der Waals surface area contributed by atoms with Crippen LogP contribution in [0.5, 0.6) is 0 Å². The third-order valence-corrected chi connectivity index (χ3v) is 7.20. The lowest BCUT2D eigenvalue weighted by Crippen LogP contribution is -2.38. The molecule has 1 N–H and O–H groups in total. The second-order valence-corrected chi connectivity index (χ2v) is 9.63. The summed E-state index contributed by atoms with van der Waals surface area (Å²) in [7, 11) is -3.10. The molecule has 0 aromatic heterocycles. The molecule has 0 aromatic carbocycles. The van der Waals surface area contributed by atoms with Gasteiger partial charge in [-0.25, -0.2) is 8.42 Å². The van der Waals surface area contributed by atoms with E-state index in [2.05, 4.69) is 5.32 Å². The number of ether oxygens (including phenoxy) is 1. The highest BCUT2D eigenvalue weighted by Crippen LogP contribution is 2.37. The van der Waals surface area contributed by atoms with E-state index in [0.29, 0.717) is 19.3 Å². The van der Waals surface area contributed by atoms with Crippen LogP contribution in [-0.2, 0) is 33.8 Å². The van der Waals surface area contributed by atoms with Gasteiger partial charge in [0.05, 0.1) is 29.8 Å². The minimum Gasteiger partial charge on any atom is -0.456 e. The van der Waals surface area contributed by atoms with Gasteiger partial charge in [-0.05, 0) is 19.3 Å². The molecule has 150 valence electrons. The number of imide groups is 1. The summed E-state index contributed by atoms with van der Waals surface area (Å²) in [4.78, 5) is 49.3. The van der Waals surface area contributed by atoms with Crippen LogP contribution in [-0.4, -0.2) is 67.7 Å². The fourth-order valence-corrected chi connectivity index (χ4v) is 5.72. The van der Waals surface area contributed by atoms with Crippen LogP contribution in [0.1, 0.15) is 38.5 Å². The van der Waals surface area contributed by atoms with Crippen molar-refractivity contribution >= 4 is 33.5 Å². The number of amides is 3. The Labute approximate surface area is 157 Å². The molecule has 1 saturated carbocycles. The number of nitrogens with zero attached hydrogens (tertiary/aromatic N) is 1. The monoisotopic (exact) mass is 400 g/mol. The van der Waals surface area contributed by atoms with Crippen molar-refractivity contribution in [3.8, 4) is 0 Å². The molecule has 0 radical (unpaired) electrons. The molecular formula is C17H24N2O7S. The van der Waals surface area contributed by atoms with Gasteiger partial charge in [-0.3, -0.25) is 24.1 Å². The maximum Gasteiger partial charge on any atom is 0.308 e. The highest BCUT2D eigenvalue weighted by Gasteiger charge is 2.47. The SMILES string of the molecule is O=C(COC(=O)CCN1C(=O)C2CCCCC2C1=O)NC1CCS(=O)(=O)C1. The van der Waals surface area contributed by atoms with E-state index in [0.717, 1.165) is 17.7 Å². The first-order chi connectivity index (χ1) is 12.8. The van der Waals surface area contributed by atoms with E-state index in [1.807, 2.05) is 0 Å². The van der Waals surface area contributed by atoms with E-state index in [1.54, 1.807) is 0 Å². The van der Waals surface area contributed by atoms with Gasteiger partial charge in [-0.2, -0.15) is 0 Å². The molecule has 1 aliphatic carbocycles. The van der Waals surface area contributed by atoms with Crippen molar-refractivity contribution < 1.29 is 32.3 Å². The van der Waals surface area contributed by atoms with Crippen LogP contribution in [0.25, 0.3) is 0 Å². The predicted octanol–water partition coefficient (Wildman–Crippen LogP) is -0.602. The summed E-state index contributed by atoms with van der Waals surface area (Å²) in [6.45, 7) is -0.547. The van der Waals surface area contributed by atoms with Gasteiger partial charge in [0.25, 0.3) is 5.91 Å². The van der Waals surface area contributed by atoms with Crippen molar-refractivity contribution in [2.75, 3.05) is 24.7 Å². The van der Waals surface area contributed by atoms with Gasteiger partial charge in [0.2, 0.25) is 11.8 Å². The Morgan fingerprint density at radius 1 is 1.07 bits per heavy atom. The number of hydrogen-bond acceptors (Lipinski definition) is 7. The number of sulfone groups is 1. The minimum absolute atomic E-state index is 0.0357. The quantitative estimate of drug-likeness (QED) is 0.466. The van der Waals surface area contributed by atoms with Gasteiger partial charge in [0, 0.05) is 12.6 Å². The number of esters is 1. The third kappa shape index (κ3) is 4.66. The van der Waals surface area contributed by atoms with E-state index >= 15 is 0 Å².